The molecule has 4 aromatic carbocycles. The zero-order valence-corrected chi connectivity index (χ0v) is 24.3. The van der Waals surface area contributed by atoms with Crippen LogP contribution in [0.25, 0.3) is 22.3 Å². The molecule has 0 fully saturated rings. The Kier molecular flexibility index (Phi) is 9.73. The number of benzene rings is 4. The molecule has 0 aliphatic rings. The van der Waals surface area contributed by atoms with E-state index in [1.807, 2.05) is 115 Å². The quantitative estimate of drug-likeness (QED) is 0.107. The summed E-state index contributed by atoms with van der Waals surface area (Å²) in [5.74, 6) is 0.966. The van der Waals surface area contributed by atoms with Gasteiger partial charge in [-0.1, -0.05) is 78.9 Å². The molecule has 197 valence electrons. The van der Waals surface area contributed by atoms with Gasteiger partial charge in [0.2, 0.25) is 0 Å². The van der Waals surface area contributed by atoms with E-state index in [0.717, 1.165) is 22.1 Å². The van der Waals surface area contributed by atoms with Gasteiger partial charge in [-0.3, -0.25) is 4.79 Å². The molecule has 0 spiro atoms. The van der Waals surface area contributed by atoms with Gasteiger partial charge in [-0.15, -0.1) is 0 Å². The molecule has 1 aromatic heterocycles. The van der Waals surface area contributed by atoms with Crippen LogP contribution in [0.5, 0.6) is 5.75 Å². The van der Waals surface area contributed by atoms with Crippen LogP contribution in [0.3, 0.4) is 0 Å². The molecule has 3 nitrogen and oxygen atoms in total. The van der Waals surface area contributed by atoms with Crippen molar-refractivity contribution >= 4 is 57.1 Å². The molecule has 0 radical (unpaired) electrons. The number of fused-ring (bicyclic) bond motifs is 1. The number of carbonyl (C=O) groups is 1. The number of rotatable bonds is 6. The Labute approximate surface area is 241 Å². The Morgan fingerprint density at radius 2 is 1.32 bits per heavy atom. The summed E-state index contributed by atoms with van der Waals surface area (Å²) in [7, 11) is 18.8. The number of ether oxygens (including phenoxy) is 1. The van der Waals surface area contributed by atoms with Crippen molar-refractivity contribution < 1.29 is 23.1 Å². The zero-order valence-electron chi connectivity index (χ0n) is 20.1. The Morgan fingerprint density at radius 1 is 0.763 bits per heavy atom. The van der Waals surface area contributed by atoms with Crippen molar-refractivity contribution in [2.24, 2.45) is 0 Å². The van der Waals surface area contributed by atoms with Gasteiger partial charge in [0, 0.05) is 17.7 Å². The van der Waals surface area contributed by atoms with Gasteiger partial charge >= 0.3 is 60.9 Å². The fourth-order valence-corrected chi connectivity index (χ4v) is 4.19. The van der Waals surface area contributed by atoms with Gasteiger partial charge < -0.3 is 4.74 Å². The molecular formula is C30H23Cl4FeO3. The van der Waals surface area contributed by atoms with Gasteiger partial charge in [0.1, 0.15) is 5.75 Å². The Bertz CT molecular complexity index is 1500. The fraction of sp³-hybridized carbons (Fsp3) is 0.0667. The third kappa shape index (κ3) is 7.51. The van der Waals surface area contributed by atoms with E-state index in [1.54, 1.807) is 7.11 Å². The number of ketones is 1. The minimum absolute atomic E-state index is 0.0381. The number of hydrogen-bond donors (Lipinski definition) is 0. The van der Waals surface area contributed by atoms with E-state index in [0.29, 0.717) is 22.7 Å². The molecule has 0 aliphatic carbocycles. The third-order valence-electron chi connectivity index (χ3n) is 5.83. The van der Waals surface area contributed by atoms with Crippen molar-refractivity contribution in [1.82, 2.24) is 0 Å². The average molecular weight is 629 g/mol. The first-order valence-electron chi connectivity index (χ1n) is 11.4. The van der Waals surface area contributed by atoms with E-state index in [-0.39, 0.29) is 5.78 Å². The number of carbonyl (C=O) groups excluding carboxylic acids is 1. The molecule has 1 atom stereocenters. The first kappa shape index (κ1) is 28.4. The molecule has 1 unspecified atom stereocenters. The maximum atomic E-state index is 13.9. The normalized spacial score (nSPS) is 12.2. The van der Waals surface area contributed by atoms with E-state index in [2.05, 4.69) is 0 Å². The molecule has 38 heavy (non-hydrogen) atoms. The van der Waals surface area contributed by atoms with Crippen LogP contribution in [0.4, 0.5) is 0 Å². The summed E-state index contributed by atoms with van der Waals surface area (Å²) in [6.07, 6.45) is 0. The second-order valence-electron chi connectivity index (χ2n) is 8.17. The van der Waals surface area contributed by atoms with Gasteiger partial charge in [0.05, 0.1) is 24.0 Å². The maximum absolute atomic E-state index is 13.9. The van der Waals surface area contributed by atoms with Gasteiger partial charge in [-0.25, -0.2) is 4.42 Å². The van der Waals surface area contributed by atoms with Crippen LogP contribution < -0.4 is 4.74 Å². The number of Topliss-reactive ketones (excluding diaryl/α,β-unsaturated/α-hetero) is 1. The summed E-state index contributed by atoms with van der Waals surface area (Å²) in [4.78, 5) is 13.9. The summed E-state index contributed by atoms with van der Waals surface area (Å²) >= 11 is 0. The Hall–Kier alpha value is -2.56. The number of halogens is 4. The topological polar surface area (TPSA) is 37.6 Å². The average Bonchev–Trinajstić information content (AvgIpc) is 2.93. The van der Waals surface area contributed by atoms with Gasteiger partial charge in [-0.2, -0.15) is 0 Å². The first-order chi connectivity index (χ1) is 18.2. The van der Waals surface area contributed by atoms with Crippen LogP contribution in [-0.4, -0.2) is 12.9 Å². The number of hydrogen-bond acceptors (Lipinski definition) is 2. The predicted molar refractivity (Wildman–Crippen MR) is 155 cm³/mol. The van der Waals surface area contributed by atoms with Crippen LogP contribution in [-0.2, 0) is 9.20 Å². The van der Waals surface area contributed by atoms with E-state index >= 15 is 0 Å². The van der Waals surface area contributed by atoms with Crippen molar-refractivity contribution in [2.45, 2.75) is 5.92 Å². The molecule has 0 aliphatic heterocycles. The predicted octanol–water partition coefficient (Wildman–Crippen LogP) is 10.2. The van der Waals surface area contributed by atoms with E-state index in [9.17, 15) is 4.79 Å². The summed E-state index contributed by atoms with van der Waals surface area (Å²) < 4.78 is 11.8. The SMILES string of the molecule is COc1ccc2[o+]c(-c3ccccc3)cc(C(C(=O)c3ccccc3)c3ccccc3)c2c1.[Cl][Fe-]([Cl])([Cl])[Cl]. The number of methoxy groups -OCH3 is 1. The summed E-state index contributed by atoms with van der Waals surface area (Å²) in [6, 6.07) is 37.0. The summed E-state index contributed by atoms with van der Waals surface area (Å²) in [5, 5.41) is 0.854. The Morgan fingerprint density at radius 3 is 1.89 bits per heavy atom. The van der Waals surface area contributed by atoms with Gasteiger partial charge in [0.25, 0.3) is 0 Å². The van der Waals surface area contributed by atoms with Crippen LogP contribution in [0.2, 0.25) is 0 Å². The standard InChI is InChI=1S/C30H23O3.4ClH.Fe/c1-32-24-17-18-27-25(19-24)26(20-28(33-27)21-11-5-2-6-12-21)29(22-13-7-3-8-14-22)30(31)23-15-9-4-10-16-23;;;;;/h2-20,29H,1H3;4*1H;/q+1;;;;;+3/p-4. The van der Waals surface area contributed by atoms with Crippen LogP contribution in [0, 0.1) is 0 Å². The molecule has 0 bridgehead atoms. The summed E-state index contributed by atoms with van der Waals surface area (Å²) in [6.45, 7) is 0. The molecule has 0 saturated carbocycles. The van der Waals surface area contributed by atoms with E-state index in [4.69, 9.17) is 49.5 Å². The molecule has 0 N–H and O–H groups in total. The van der Waals surface area contributed by atoms with Crippen LogP contribution in [0.1, 0.15) is 27.4 Å². The molecule has 5 rings (SSSR count). The van der Waals surface area contributed by atoms with Crippen LogP contribution >= 0.6 is 40.4 Å². The molecule has 8 heteroatoms. The Balaban J connectivity index is 0.000000617. The van der Waals surface area contributed by atoms with Crippen molar-refractivity contribution in [3.63, 3.8) is 0 Å². The molecule has 5 aromatic rings. The van der Waals surface area contributed by atoms with Crippen molar-refractivity contribution in [1.29, 1.82) is 0 Å². The minimum atomic E-state index is -2.61. The second-order valence-corrected chi connectivity index (χ2v) is 19.1. The van der Waals surface area contributed by atoms with Gasteiger partial charge in [0.15, 0.2) is 5.78 Å². The van der Waals surface area contributed by atoms with Crippen LogP contribution in [0.15, 0.2) is 120 Å². The van der Waals surface area contributed by atoms with Gasteiger partial charge in [-0.05, 0) is 35.4 Å². The van der Waals surface area contributed by atoms with Crippen molar-refractivity contribution in [3.05, 3.63) is 132 Å². The first-order valence-corrected chi connectivity index (χ1v) is 17.5. The van der Waals surface area contributed by atoms with Crippen molar-refractivity contribution in [2.75, 3.05) is 7.11 Å². The monoisotopic (exact) mass is 627 g/mol. The molecule has 0 amide bonds. The molecule has 0 saturated heterocycles. The second kappa shape index (κ2) is 13.0. The van der Waals surface area contributed by atoms with E-state index in [1.165, 1.54) is 0 Å². The summed E-state index contributed by atoms with van der Waals surface area (Å²) in [5.41, 5.74) is 4.14. The third-order valence-corrected chi connectivity index (χ3v) is 5.83. The fourth-order valence-electron chi connectivity index (χ4n) is 4.19. The zero-order chi connectivity index (χ0) is 27.1. The molecular weight excluding hydrogens is 606 g/mol. The van der Waals surface area contributed by atoms with E-state index < -0.39 is 15.1 Å². The van der Waals surface area contributed by atoms with Crippen molar-refractivity contribution in [3.8, 4) is 17.1 Å². The molecule has 1 heterocycles.